The fraction of sp³-hybridized carbons (Fsp3) is 0.222. The number of H-pyrrole nitrogens is 1. The van der Waals surface area contributed by atoms with Gasteiger partial charge in [0.2, 0.25) is 24.1 Å². The van der Waals surface area contributed by atoms with E-state index in [1.54, 1.807) is 0 Å². The zero-order valence-corrected chi connectivity index (χ0v) is 17.9. The minimum atomic E-state index is -4.32. The lowest BCUT2D eigenvalue weighted by atomic mass is 10.2. The maximum atomic E-state index is 14.4. The molecule has 0 aliphatic carbocycles. The molecule has 0 spiro atoms. The van der Waals surface area contributed by atoms with Gasteiger partial charge in [0.05, 0.1) is 37.7 Å². The Hall–Kier alpha value is -3.88. The molecule has 0 bridgehead atoms. The molecule has 1 aromatic carbocycles. The summed E-state index contributed by atoms with van der Waals surface area (Å²) in [5.74, 6) is -1.68. The van der Waals surface area contributed by atoms with Crippen molar-refractivity contribution in [1.82, 2.24) is 29.9 Å². The number of fused-ring (bicyclic) bond motifs is 1. The largest absolute Gasteiger partial charge is 0.481 e. The zero-order valence-electron chi connectivity index (χ0n) is 17.1. The van der Waals surface area contributed by atoms with Crippen molar-refractivity contribution >= 4 is 26.9 Å². The van der Waals surface area contributed by atoms with Gasteiger partial charge in [0, 0.05) is 18.0 Å². The van der Waals surface area contributed by atoms with E-state index < -0.39 is 34.6 Å². The summed E-state index contributed by atoms with van der Waals surface area (Å²) in [7, 11) is -1.94. The van der Waals surface area contributed by atoms with E-state index in [1.807, 2.05) is 0 Å². The number of nitrogens with zero attached hydrogens (tertiary/aromatic N) is 5. The van der Waals surface area contributed by atoms with Crippen molar-refractivity contribution in [3.8, 4) is 17.4 Å². The quantitative estimate of drug-likeness (QED) is 0.390. The molecule has 0 aliphatic rings. The summed E-state index contributed by atoms with van der Waals surface area (Å²) in [5, 5.41) is 7.91. The molecule has 11 nitrogen and oxygen atoms in total. The summed E-state index contributed by atoms with van der Waals surface area (Å²) < 4.78 is 78.6. The second kappa shape index (κ2) is 8.57. The number of methoxy groups -OCH3 is 2. The molecule has 33 heavy (non-hydrogen) atoms. The average Bonchev–Trinajstić information content (AvgIpc) is 3.44. The predicted molar refractivity (Wildman–Crippen MR) is 109 cm³/mol. The van der Waals surface area contributed by atoms with Gasteiger partial charge in [-0.1, -0.05) is 0 Å². The number of aromatic amines is 1. The van der Waals surface area contributed by atoms with Crippen LogP contribution in [0.4, 0.5) is 19.1 Å². The Bertz CT molecular complexity index is 1380. The number of ether oxygens (including phenoxy) is 2. The van der Waals surface area contributed by atoms with Crippen LogP contribution < -0.4 is 14.2 Å². The number of hydrogen-bond acceptors (Lipinski definition) is 8. The topological polar surface area (TPSA) is 137 Å². The second-order valence-electron chi connectivity index (χ2n) is 6.54. The van der Waals surface area contributed by atoms with Crippen LogP contribution in [0.3, 0.4) is 0 Å². The van der Waals surface area contributed by atoms with Gasteiger partial charge in [0.15, 0.2) is 5.82 Å². The SMILES string of the molecule is COc1nc(NS(=O)(=O)c2c[nH]c3c(-n4nccn4)c(F)ccc23)nc(OC)c1CC(F)F. The molecule has 0 amide bonds. The normalized spacial score (nSPS) is 11.8. The van der Waals surface area contributed by atoms with Crippen molar-refractivity contribution in [3.05, 3.63) is 42.1 Å². The maximum Gasteiger partial charge on any atom is 0.266 e. The van der Waals surface area contributed by atoms with E-state index in [4.69, 9.17) is 9.47 Å². The average molecular weight is 483 g/mol. The number of sulfonamides is 1. The van der Waals surface area contributed by atoms with Gasteiger partial charge in [-0.05, 0) is 12.1 Å². The highest BCUT2D eigenvalue weighted by Crippen LogP contribution is 2.32. The van der Waals surface area contributed by atoms with Gasteiger partial charge in [-0.25, -0.2) is 26.3 Å². The molecule has 0 fully saturated rings. The Morgan fingerprint density at radius 2 is 1.76 bits per heavy atom. The van der Waals surface area contributed by atoms with Gasteiger partial charge in [-0.15, -0.1) is 4.80 Å². The first-order chi connectivity index (χ1) is 15.7. The van der Waals surface area contributed by atoms with E-state index in [0.29, 0.717) is 0 Å². The van der Waals surface area contributed by atoms with Crippen molar-refractivity contribution in [1.29, 1.82) is 0 Å². The summed E-state index contributed by atoms with van der Waals surface area (Å²) in [6.45, 7) is 0. The standard InChI is InChI=1S/C18H16F3N7O4S/c1-31-16-10(7-13(20)21)17(32-2)26-18(25-16)27-33(29,30)12-8-22-14-9(12)3-4-11(19)15(14)28-23-5-6-24-28/h3-6,8,13,22H,7H2,1-2H3,(H,25,26,27). The number of nitrogens with one attached hydrogen (secondary N) is 2. The van der Waals surface area contributed by atoms with Crippen molar-refractivity contribution in [3.63, 3.8) is 0 Å². The lowest BCUT2D eigenvalue weighted by Gasteiger charge is -2.13. The number of hydrogen-bond donors (Lipinski definition) is 2. The summed E-state index contributed by atoms with van der Waals surface area (Å²) in [5.41, 5.74) is -0.0540. The van der Waals surface area contributed by atoms with Gasteiger partial charge >= 0.3 is 0 Å². The van der Waals surface area contributed by atoms with E-state index in [9.17, 15) is 21.6 Å². The van der Waals surface area contributed by atoms with E-state index in [0.717, 1.165) is 17.1 Å². The van der Waals surface area contributed by atoms with E-state index >= 15 is 0 Å². The lowest BCUT2D eigenvalue weighted by Crippen LogP contribution is -2.16. The third kappa shape index (κ3) is 4.13. The molecule has 15 heteroatoms. The predicted octanol–water partition coefficient (Wildman–Crippen LogP) is 2.30. The van der Waals surface area contributed by atoms with Crippen molar-refractivity contribution in [2.45, 2.75) is 17.7 Å². The highest BCUT2D eigenvalue weighted by atomic mass is 32.2. The Kier molecular flexibility index (Phi) is 5.80. The van der Waals surface area contributed by atoms with Gasteiger partial charge in [-0.2, -0.15) is 20.2 Å². The summed E-state index contributed by atoms with van der Waals surface area (Å²) in [6, 6.07) is 2.35. The van der Waals surface area contributed by atoms with Gasteiger partial charge in [0.1, 0.15) is 10.6 Å². The van der Waals surface area contributed by atoms with E-state index in [1.165, 1.54) is 32.7 Å². The highest BCUT2D eigenvalue weighted by molar-refractivity contribution is 7.93. The van der Waals surface area contributed by atoms with Crippen LogP contribution in [-0.2, 0) is 16.4 Å². The first-order valence-corrected chi connectivity index (χ1v) is 10.7. The van der Waals surface area contributed by atoms with Gasteiger partial charge < -0.3 is 14.5 Å². The number of halogens is 3. The lowest BCUT2D eigenvalue weighted by molar-refractivity contribution is 0.146. The molecule has 0 aliphatic heterocycles. The van der Waals surface area contributed by atoms with Crippen LogP contribution in [-0.4, -0.2) is 59.0 Å². The molecular formula is C18H16F3N7O4S. The van der Waals surface area contributed by atoms with Crippen molar-refractivity contribution in [2.24, 2.45) is 0 Å². The van der Waals surface area contributed by atoms with Crippen molar-refractivity contribution in [2.75, 3.05) is 18.9 Å². The van der Waals surface area contributed by atoms with Crippen LogP contribution in [0, 0.1) is 5.82 Å². The zero-order chi connectivity index (χ0) is 23.8. The molecule has 4 rings (SSSR count). The Morgan fingerprint density at radius 1 is 1.12 bits per heavy atom. The molecule has 2 N–H and O–H groups in total. The minimum absolute atomic E-state index is 0.0742. The van der Waals surface area contributed by atoms with Gasteiger partial charge in [-0.3, -0.25) is 0 Å². The molecule has 0 saturated heterocycles. The molecule has 0 atom stereocenters. The number of aromatic nitrogens is 6. The van der Waals surface area contributed by atoms with Crippen molar-refractivity contribution < 1.29 is 31.1 Å². The van der Waals surface area contributed by atoms with Crippen LogP contribution in [0.1, 0.15) is 5.56 Å². The summed E-state index contributed by atoms with van der Waals surface area (Å²) in [4.78, 5) is 11.2. The Balaban J connectivity index is 1.77. The molecule has 4 aromatic rings. The number of alkyl halides is 2. The monoisotopic (exact) mass is 483 g/mol. The first-order valence-electron chi connectivity index (χ1n) is 9.21. The molecule has 174 valence electrons. The Labute approximate surface area is 184 Å². The fourth-order valence-corrected chi connectivity index (χ4v) is 4.33. The molecular weight excluding hydrogens is 467 g/mol. The molecule has 3 aromatic heterocycles. The van der Waals surface area contributed by atoms with E-state index in [2.05, 4.69) is 29.9 Å². The minimum Gasteiger partial charge on any atom is -0.481 e. The summed E-state index contributed by atoms with van der Waals surface area (Å²) in [6.07, 6.45) is 0.354. The molecule has 0 unspecified atom stereocenters. The van der Waals surface area contributed by atoms with E-state index in [-0.39, 0.29) is 38.8 Å². The highest BCUT2D eigenvalue weighted by Gasteiger charge is 2.26. The molecule has 0 radical (unpaired) electrons. The van der Waals surface area contributed by atoms with Gasteiger partial charge in [0.25, 0.3) is 10.0 Å². The molecule has 0 saturated carbocycles. The summed E-state index contributed by atoms with van der Waals surface area (Å²) >= 11 is 0. The third-order valence-corrected chi connectivity index (χ3v) is 5.92. The van der Waals surface area contributed by atoms with Crippen LogP contribution in [0.2, 0.25) is 0 Å². The maximum absolute atomic E-state index is 14.4. The van der Waals surface area contributed by atoms with Crippen LogP contribution in [0.5, 0.6) is 11.8 Å². The van der Waals surface area contributed by atoms with Crippen LogP contribution in [0.15, 0.2) is 35.6 Å². The fourth-order valence-electron chi connectivity index (χ4n) is 3.21. The number of benzene rings is 1. The third-order valence-electron chi connectivity index (χ3n) is 4.55. The second-order valence-corrected chi connectivity index (χ2v) is 8.19. The number of rotatable bonds is 8. The smallest absolute Gasteiger partial charge is 0.266 e. The first kappa shape index (κ1) is 22.3. The Morgan fingerprint density at radius 3 is 2.33 bits per heavy atom. The van der Waals surface area contributed by atoms with Crippen LogP contribution >= 0.6 is 0 Å². The number of anilines is 1. The van der Waals surface area contributed by atoms with Crippen LogP contribution in [0.25, 0.3) is 16.6 Å². The molecule has 3 heterocycles.